The van der Waals surface area contributed by atoms with E-state index in [9.17, 15) is 4.79 Å². The average Bonchev–Trinajstić information content (AvgIpc) is 3.23. The van der Waals surface area contributed by atoms with Gasteiger partial charge in [-0.25, -0.2) is 0 Å². The Balaban J connectivity index is 1.39. The standard InChI is InChI=1S/C25H39BrN2O3/c1-4-28(25(29)18-30-2)22-7-5-19(6-8-22)11-13-27-14-12-20(17-27)15-21-16-23(31-3)9-10-24(21)26/h9-10,16,19-20,22H,4-8,11-15,17-18H2,1-3H3. The molecule has 0 N–H and O–H groups in total. The van der Waals surface area contributed by atoms with Crippen molar-refractivity contribution in [3.05, 3.63) is 28.2 Å². The number of rotatable bonds is 10. The molecular weight excluding hydrogens is 456 g/mol. The van der Waals surface area contributed by atoms with Crippen LogP contribution in [0.5, 0.6) is 5.75 Å². The lowest BCUT2D eigenvalue weighted by molar-refractivity contribution is -0.138. The molecule has 31 heavy (non-hydrogen) atoms. The molecule has 0 spiro atoms. The maximum atomic E-state index is 12.3. The second-order valence-corrected chi connectivity index (χ2v) is 10.0. The summed E-state index contributed by atoms with van der Waals surface area (Å²) in [6.07, 6.45) is 8.46. The predicted octanol–water partition coefficient (Wildman–Crippen LogP) is 4.77. The largest absolute Gasteiger partial charge is 0.497 e. The molecule has 1 saturated carbocycles. The van der Waals surface area contributed by atoms with Gasteiger partial charge in [-0.05, 0) is 101 Å². The Kier molecular flexibility index (Phi) is 9.67. The van der Waals surface area contributed by atoms with Crippen molar-refractivity contribution in [2.45, 2.75) is 57.9 Å². The van der Waals surface area contributed by atoms with Crippen LogP contribution in [0.15, 0.2) is 22.7 Å². The minimum atomic E-state index is 0.138. The fourth-order valence-corrected chi connectivity index (χ4v) is 5.79. The molecule has 1 aliphatic heterocycles. The van der Waals surface area contributed by atoms with Gasteiger partial charge in [0.1, 0.15) is 12.4 Å². The molecule has 0 aromatic heterocycles. The highest BCUT2D eigenvalue weighted by molar-refractivity contribution is 9.10. The number of methoxy groups -OCH3 is 2. The van der Waals surface area contributed by atoms with Gasteiger partial charge in [-0.1, -0.05) is 15.9 Å². The lowest BCUT2D eigenvalue weighted by Gasteiger charge is -2.36. The Morgan fingerprint density at radius 2 is 1.94 bits per heavy atom. The van der Waals surface area contributed by atoms with E-state index in [2.05, 4.69) is 39.9 Å². The summed E-state index contributed by atoms with van der Waals surface area (Å²) < 4.78 is 11.6. The zero-order valence-corrected chi connectivity index (χ0v) is 21.0. The second-order valence-electron chi connectivity index (χ2n) is 9.19. The van der Waals surface area contributed by atoms with E-state index in [1.165, 1.54) is 55.4 Å². The molecule has 0 radical (unpaired) electrons. The molecule has 1 aromatic rings. The summed E-state index contributed by atoms with van der Waals surface area (Å²) in [6, 6.07) is 6.68. The number of hydrogen-bond donors (Lipinski definition) is 0. The van der Waals surface area contributed by atoms with E-state index in [4.69, 9.17) is 9.47 Å². The molecule has 0 bridgehead atoms. The number of hydrogen-bond acceptors (Lipinski definition) is 4. The van der Waals surface area contributed by atoms with Gasteiger partial charge in [-0.15, -0.1) is 0 Å². The first-order valence-corrected chi connectivity index (χ1v) is 12.7. The minimum Gasteiger partial charge on any atom is -0.497 e. The van der Waals surface area contributed by atoms with Crippen molar-refractivity contribution in [1.82, 2.24) is 9.80 Å². The van der Waals surface area contributed by atoms with Crippen LogP contribution < -0.4 is 4.74 Å². The number of carbonyl (C=O) groups excluding carboxylic acids is 1. The molecule has 2 fully saturated rings. The maximum absolute atomic E-state index is 12.3. The van der Waals surface area contributed by atoms with E-state index in [1.807, 2.05) is 11.0 Å². The third kappa shape index (κ3) is 6.93. The molecule has 5 nitrogen and oxygen atoms in total. The van der Waals surface area contributed by atoms with E-state index in [1.54, 1.807) is 14.2 Å². The molecule has 174 valence electrons. The van der Waals surface area contributed by atoms with E-state index in [-0.39, 0.29) is 12.5 Å². The Morgan fingerprint density at radius 1 is 1.16 bits per heavy atom. The minimum absolute atomic E-state index is 0.138. The number of likely N-dealkylation sites (N-methyl/N-ethyl adjacent to an activating group) is 1. The van der Waals surface area contributed by atoms with Crippen LogP contribution in [-0.4, -0.2) is 68.8 Å². The lowest BCUT2D eigenvalue weighted by Crippen LogP contribution is -2.44. The van der Waals surface area contributed by atoms with Gasteiger partial charge < -0.3 is 19.3 Å². The fraction of sp³-hybridized carbons (Fsp3) is 0.720. The first-order valence-electron chi connectivity index (χ1n) is 11.9. The smallest absolute Gasteiger partial charge is 0.248 e. The van der Waals surface area contributed by atoms with Crippen molar-refractivity contribution in [3.63, 3.8) is 0 Å². The van der Waals surface area contributed by atoms with Gasteiger partial charge in [0.2, 0.25) is 5.91 Å². The van der Waals surface area contributed by atoms with Crippen LogP contribution in [0.3, 0.4) is 0 Å². The Labute approximate surface area is 196 Å². The molecule has 1 atom stereocenters. The number of amides is 1. The second kappa shape index (κ2) is 12.2. The van der Waals surface area contributed by atoms with Crippen LogP contribution in [0.4, 0.5) is 0 Å². The summed E-state index contributed by atoms with van der Waals surface area (Å²) in [4.78, 5) is 16.9. The summed E-state index contributed by atoms with van der Waals surface area (Å²) in [5.74, 6) is 2.61. The maximum Gasteiger partial charge on any atom is 0.248 e. The number of likely N-dealkylation sites (tertiary alicyclic amines) is 1. The van der Waals surface area contributed by atoms with Gasteiger partial charge >= 0.3 is 0 Å². The van der Waals surface area contributed by atoms with Gasteiger partial charge in [0, 0.05) is 30.7 Å². The predicted molar refractivity (Wildman–Crippen MR) is 129 cm³/mol. The molecule has 1 amide bonds. The molecule has 1 heterocycles. The highest BCUT2D eigenvalue weighted by Crippen LogP contribution is 2.32. The monoisotopic (exact) mass is 494 g/mol. The van der Waals surface area contributed by atoms with Gasteiger partial charge in [0.25, 0.3) is 0 Å². The lowest BCUT2D eigenvalue weighted by atomic mass is 9.83. The third-order valence-electron chi connectivity index (χ3n) is 7.17. The van der Waals surface area contributed by atoms with Crippen molar-refractivity contribution < 1.29 is 14.3 Å². The third-order valence-corrected chi connectivity index (χ3v) is 7.94. The molecule has 2 aliphatic rings. The summed E-state index contributed by atoms with van der Waals surface area (Å²) >= 11 is 3.70. The molecule has 6 heteroatoms. The first-order chi connectivity index (χ1) is 15.0. The summed E-state index contributed by atoms with van der Waals surface area (Å²) in [5, 5.41) is 0. The van der Waals surface area contributed by atoms with Crippen molar-refractivity contribution in [3.8, 4) is 5.75 Å². The highest BCUT2D eigenvalue weighted by atomic mass is 79.9. The zero-order valence-electron chi connectivity index (χ0n) is 19.4. The Morgan fingerprint density at radius 3 is 2.61 bits per heavy atom. The van der Waals surface area contributed by atoms with Crippen molar-refractivity contribution in [2.24, 2.45) is 11.8 Å². The van der Waals surface area contributed by atoms with Crippen molar-refractivity contribution in [2.75, 3.05) is 47.0 Å². The SMILES string of the molecule is CCN(C(=O)COC)C1CCC(CCN2CCC(Cc3cc(OC)ccc3Br)C2)CC1. The Hall–Kier alpha value is -1.11. The highest BCUT2D eigenvalue weighted by Gasteiger charge is 2.29. The van der Waals surface area contributed by atoms with Gasteiger partial charge in [-0.3, -0.25) is 4.79 Å². The van der Waals surface area contributed by atoms with E-state index < -0.39 is 0 Å². The number of halogens is 1. The fourth-order valence-electron chi connectivity index (χ4n) is 5.38. The van der Waals surface area contributed by atoms with Crippen molar-refractivity contribution >= 4 is 21.8 Å². The summed E-state index contributed by atoms with van der Waals surface area (Å²) in [7, 11) is 3.33. The van der Waals surface area contributed by atoms with Gasteiger partial charge in [0.15, 0.2) is 0 Å². The van der Waals surface area contributed by atoms with Crippen LogP contribution in [0, 0.1) is 11.8 Å². The van der Waals surface area contributed by atoms with E-state index in [0.29, 0.717) is 6.04 Å². The normalized spacial score (nSPS) is 24.3. The molecule has 1 unspecified atom stereocenters. The van der Waals surface area contributed by atoms with Crippen molar-refractivity contribution in [1.29, 1.82) is 0 Å². The van der Waals surface area contributed by atoms with E-state index in [0.717, 1.165) is 43.4 Å². The van der Waals surface area contributed by atoms with Crippen LogP contribution in [0.2, 0.25) is 0 Å². The van der Waals surface area contributed by atoms with Crippen LogP contribution in [0.25, 0.3) is 0 Å². The summed E-state index contributed by atoms with van der Waals surface area (Å²) in [6.45, 7) is 6.70. The number of carbonyl (C=O) groups is 1. The average molecular weight is 496 g/mol. The summed E-state index contributed by atoms with van der Waals surface area (Å²) in [5.41, 5.74) is 1.35. The Bertz CT molecular complexity index is 706. The van der Waals surface area contributed by atoms with Gasteiger partial charge in [-0.2, -0.15) is 0 Å². The number of nitrogens with zero attached hydrogens (tertiary/aromatic N) is 2. The van der Waals surface area contributed by atoms with E-state index >= 15 is 0 Å². The number of ether oxygens (including phenoxy) is 2. The van der Waals surface area contributed by atoms with Crippen LogP contribution in [-0.2, 0) is 16.0 Å². The first kappa shape index (κ1) is 24.5. The van der Waals surface area contributed by atoms with Gasteiger partial charge in [0.05, 0.1) is 7.11 Å². The van der Waals surface area contributed by atoms with Crippen LogP contribution >= 0.6 is 15.9 Å². The topological polar surface area (TPSA) is 42.0 Å². The molecule has 1 saturated heterocycles. The van der Waals surface area contributed by atoms with Crippen LogP contribution in [0.1, 0.15) is 51.0 Å². The molecule has 1 aliphatic carbocycles. The molecule has 3 rings (SSSR count). The quantitative estimate of drug-likeness (QED) is 0.469. The zero-order chi connectivity index (χ0) is 22.2. The molecular formula is C25H39BrN2O3. The molecule has 1 aromatic carbocycles. The number of benzene rings is 1.